The van der Waals surface area contributed by atoms with E-state index in [9.17, 15) is 15.3 Å². The fraction of sp³-hybridized carbons (Fsp3) is 0.485. The quantitative estimate of drug-likeness (QED) is 0.489. The van der Waals surface area contributed by atoms with Crippen LogP contribution in [0, 0.1) is 22.7 Å². The Morgan fingerprint density at radius 3 is 2.83 bits per heavy atom. The molecule has 3 atom stereocenters. The number of hydrogen-bond acceptors (Lipinski definition) is 8. The summed E-state index contributed by atoms with van der Waals surface area (Å²) in [5, 5.41) is 19.3. The number of piperazine rings is 1. The third kappa shape index (κ3) is 4.82. The molecule has 2 aliphatic carbocycles. The minimum absolute atomic E-state index is 0.148. The van der Waals surface area contributed by atoms with Gasteiger partial charge in [0.25, 0.3) is 0 Å². The van der Waals surface area contributed by atoms with E-state index in [0.29, 0.717) is 50.3 Å². The first-order valence-electron chi connectivity index (χ1n) is 14.9. The summed E-state index contributed by atoms with van der Waals surface area (Å²) >= 11 is 0. The molecule has 1 spiro atoms. The average molecular weight is 564 g/mol. The minimum Gasteiger partial charge on any atom is -0.462 e. The molecule has 2 aromatic rings. The maximum Gasteiger partial charge on any atom is 0.318 e. The average Bonchev–Trinajstić information content (AvgIpc) is 3.54. The molecular weight excluding hydrogens is 526 g/mol. The molecule has 2 aliphatic heterocycles. The zero-order chi connectivity index (χ0) is 29.4. The van der Waals surface area contributed by atoms with Crippen LogP contribution >= 0.6 is 0 Å². The number of amides is 1. The molecule has 216 valence electrons. The van der Waals surface area contributed by atoms with Crippen molar-refractivity contribution in [3.05, 3.63) is 64.9 Å². The second-order valence-electron chi connectivity index (χ2n) is 12.0. The number of allylic oxidation sites excluding steroid dienone is 2. The van der Waals surface area contributed by atoms with Crippen LogP contribution in [0.5, 0.6) is 6.01 Å². The van der Waals surface area contributed by atoms with Gasteiger partial charge < -0.3 is 19.4 Å². The largest absolute Gasteiger partial charge is 0.462 e. The Hall–Kier alpha value is -4.21. The first-order chi connectivity index (χ1) is 20.4. The van der Waals surface area contributed by atoms with E-state index in [0.717, 1.165) is 60.4 Å². The molecule has 1 amide bonds. The lowest BCUT2D eigenvalue weighted by Gasteiger charge is -2.42. The standard InChI is InChI=1S/C33H37N7O2/c1-4-29(41)40-16-15-39(20-24(40)11-13-34)31-26-10-12-33(17-22(2)30-23(19-35)7-5-9-27(30)33)18-28(26)36-32(37-31)42-21-25-8-6-14-38(25)3/h4-5,7,9,17,24-25H,1,6,8,10-12,14-16,18,20-21H2,2-3H3/t24-,25-,33?/m0/s1. The number of anilines is 1. The van der Waals surface area contributed by atoms with Gasteiger partial charge in [0.15, 0.2) is 0 Å². The van der Waals surface area contributed by atoms with Crippen molar-refractivity contribution in [3.63, 3.8) is 0 Å². The van der Waals surface area contributed by atoms with Crippen molar-refractivity contribution < 1.29 is 9.53 Å². The number of ether oxygens (including phenoxy) is 1. The molecule has 0 bridgehead atoms. The molecule has 1 aromatic carbocycles. The van der Waals surface area contributed by atoms with Crippen molar-refractivity contribution in [3.8, 4) is 18.1 Å². The molecule has 0 radical (unpaired) electrons. The molecule has 1 unspecified atom stereocenters. The van der Waals surface area contributed by atoms with Crippen molar-refractivity contribution in [2.24, 2.45) is 0 Å². The summed E-state index contributed by atoms with van der Waals surface area (Å²) in [5.41, 5.74) is 5.97. The molecular formula is C33H37N7O2. The van der Waals surface area contributed by atoms with Crippen LogP contribution in [0.15, 0.2) is 36.9 Å². The Labute approximate surface area is 247 Å². The van der Waals surface area contributed by atoms with Gasteiger partial charge in [-0.25, -0.2) is 0 Å². The molecule has 9 heteroatoms. The summed E-state index contributed by atoms with van der Waals surface area (Å²) in [5.74, 6) is 0.702. The van der Waals surface area contributed by atoms with Gasteiger partial charge in [0.1, 0.15) is 12.4 Å². The van der Waals surface area contributed by atoms with E-state index in [1.807, 2.05) is 12.1 Å². The van der Waals surface area contributed by atoms with Gasteiger partial charge in [0.05, 0.1) is 35.9 Å². The monoisotopic (exact) mass is 563 g/mol. The molecule has 4 aliphatic rings. The number of nitriles is 2. The highest BCUT2D eigenvalue weighted by Gasteiger charge is 2.43. The van der Waals surface area contributed by atoms with Gasteiger partial charge >= 0.3 is 6.01 Å². The summed E-state index contributed by atoms with van der Waals surface area (Å²) in [6, 6.07) is 11.2. The summed E-state index contributed by atoms with van der Waals surface area (Å²) in [6.45, 7) is 8.96. The van der Waals surface area contributed by atoms with Gasteiger partial charge in [-0.1, -0.05) is 24.8 Å². The van der Waals surface area contributed by atoms with E-state index >= 15 is 0 Å². The van der Waals surface area contributed by atoms with Gasteiger partial charge in [-0.3, -0.25) is 4.79 Å². The fourth-order valence-corrected chi connectivity index (χ4v) is 7.46. The predicted molar refractivity (Wildman–Crippen MR) is 160 cm³/mol. The summed E-state index contributed by atoms with van der Waals surface area (Å²) in [4.78, 5) is 28.8. The lowest BCUT2D eigenvalue weighted by Crippen LogP contribution is -2.55. The Kier molecular flexibility index (Phi) is 7.47. The molecule has 1 aromatic heterocycles. The van der Waals surface area contributed by atoms with E-state index < -0.39 is 0 Å². The number of nitrogens with zero attached hydrogens (tertiary/aromatic N) is 7. The number of aromatic nitrogens is 2. The zero-order valence-corrected chi connectivity index (χ0v) is 24.5. The number of fused-ring (bicyclic) bond motifs is 3. The van der Waals surface area contributed by atoms with Crippen molar-refractivity contribution in [1.82, 2.24) is 19.8 Å². The number of likely N-dealkylation sites (N-methyl/N-ethyl adjacent to an activating group) is 1. The topological polar surface area (TPSA) is 109 Å². The van der Waals surface area contributed by atoms with Crippen molar-refractivity contribution >= 4 is 17.3 Å². The lowest BCUT2D eigenvalue weighted by molar-refractivity contribution is -0.128. The highest BCUT2D eigenvalue weighted by Crippen LogP contribution is 2.50. The normalized spacial score (nSPS) is 24.9. The minimum atomic E-state index is -0.247. The maximum absolute atomic E-state index is 12.5. The first kappa shape index (κ1) is 27.9. The molecule has 42 heavy (non-hydrogen) atoms. The number of likely N-dealkylation sites (tertiary alicyclic amines) is 1. The Morgan fingerprint density at radius 2 is 2.10 bits per heavy atom. The van der Waals surface area contributed by atoms with Gasteiger partial charge in [-0.05, 0) is 75.0 Å². The van der Waals surface area contributed by atoms with E-state index in [4.69, 9.17) is 14.7 Å². The number of rotatable bonds is 6. The Balaban J connectivity index is 1.37. The predicted octanol–water partition coefficient (Wildman–Crippen LogP) is 3.78. The number of hydrogen-bond donors (Lipinski definition) is 0. The van der Waals surface area contributed by atoms with Gasteiger partial charge in [0.2, 0.25) is 5.91 Å². The third-order valence-corrected chi connectivity index (χ3v) is 9.61. The van der Waals surface area contributed by atoms with Crippen LogP contribution in [0.25, 0.3) is 5.57 Å². The van der Waals surface area contributed by atoms with Crippen LogP contribution in [0.4, 0.5) is 5.82 Å². The summed E-state index contributed by atoms with van der Waals surface area (Å²) < 4.78 is 6.31. The summed E-state index contributed by atoms with van der Waals surface area (Å²) in [7, 11) is 2.13. The second-order valence-corrected chi connectivity index (χ2v) is 12.0. The number of carbonyl (C=O) groups excluding carboxylic acids is 1. The summed E-state index contributed by atoms with van der Waals surface area (Å²) in [6.07, 6.45) is 8.52. The second kappa shape index (κ2) is 11.2. The lowest BCUT2D eigenvalue weighted by atomic mass is 9.70. The Bertz CT molecular complexity index is 1540. The van der Waals surface area contributed by atoms with Crippen LogP contribution in [0.3, 0.4) is 0 Å². The van der Waals surface area contributed by atoms with Gasteiger partial charge in [-0.2, -0.15) is 20.5 Å². The first-order valence-corrected chi connectivity index (χ1v) is 14.9. The number of carbonyl (C=O) groups is 1. The van der Waals surface area contributed by atoms with Crippen LogP contribution < -0.4 is 9.64 Å². The van der Waals surface area contributed by atoms with E-state index in [1.54, 1.807) is 4.90 Å². The highest BCUT2D eigenvalue weighted by atomic mass is 16.5. The maximum atomic E-state index is 12.5. The molecule has 0 saturated carbocycles. The van der Waals surface area contributed by atoms with E-state index in [2.05, 4.69) is 54.6 Å². The zero-order valence-electron chi connectivity index (χ0n) is 24.5. The van der Waals surface area contributed by atoms with Crippen LogP contribution in [-0.2, 0) is 23.1 Å². The van der Waals surface area contributed by atoms with Gasteiger partial charge in [0, 0.05) is 43.1 Å². The molecule has 2 fully saturated rings. The van der Waals surface area contributed by atoms with Crippen molar-refractivity contribution in [1.29, 1.82) is 10.5 Å². The highest BCUT2D eigenvalue weighted by molar-refractivity contribution is 5.87. The fourth-order valence-electron chi connectivity index (χ4n) is 7.46. The van der Waals surface area contributed by atoms with E-state index in [1.165, 1.54) is 11.6 Å². The molecule has 3 heterocycles. The Morgan fingerprint density at radius 1 is 1.24 bits per heavy atom. The third-order valence-electron chi connectivity index (χ3n) is 9.61. The molecule has 0 N–H and O–H groups in total. The molecule has 9 nitrogen and oxygen atoms in total. The van der Waals surface area contributed by atoms with E-state index in [-0.39, 0.29) is 23.8 Å². The molecule has 2 saturated heterocycles. The molecule has 6 rings (SSSR count). The van der Waals surface area contributed by atoms with Crippen molar-refractivity contribution in [2.75, 3.05) is 44.7 Å². The van der Waals surface area contributed by atoms with Crippen LogP contribution in [0.2, 0.25) is 0 Å². The van der Waals surface area contributed by atoms with Gasteiger partial charge in [-0.15, -0.1) is 0 Å². The smallest absolute Gasteiger partial charge is 0.318 e. The van der Waals surface area contributed by atoms with Crippen LogP contribution in [0.1, 0.15) is 60.6 Å². The SMILES string of the molecule is C=CC(=O)N1CCN(c2nc(OC[C@@H]3CCCN3C)nc3c2CCC2(C=C(C)c4c(C#N)cccc42)C3)C[C@@H]1CC#N. The number of benzene rings is 1. The van der Waals surface area contributed by atoms with Crippen molar-refractivity contribution in [2.45, 2.75) is 62.9 Å². The van der Waals surface area contributed by atoms with Crippen LogP contribution in [-0.4, -0.2) is 77.6 Å².